The molecule has 1 amide bonds. The number of aryl methyl sites for hydroxylation is 3. The molecule has 0 spiro atoms. The Morgan fingerprint density at radius 3 is 2.42 bits per heavy atom. The van der Waals surface area contributed by atoms with E-state index in [1.165, 1.54) is 4.80 Å². The molecule has 1 unspecified atom stereocenters. The molecule has 0 bridgehead atoms. The Morgan fingerprint density at radius 1 is 1.09 bits per heavy atom. The third-order valence-corrected chi connectivity index (χ3v) is 7.62. The number of amides is 1. The van der Waals surface area contributed by atoms with Crippen molar-refractivity contribution in [1.29, 1.82) is 0 Å². The molecule has 3 heterocycles. The number of nitrogens with zero attached hydrogens (tertiary/aromatic N) is 5. The van der Waals surface area contributed by atoms with Crippen molar-refractivity contribution in [3.63, 3.8) is 0 Å². The van der Waals surface area contributed by atoms with Gasteiger partial charge in [0.1, 0.15) is 5.82 Å². The summed E-state index contributed by atoms with van der Waals surface area (Å²) >= 11 is 0. The number of carbonyl (C=O) groups is 1. The molecule has 1 N–H and O–H groups in total. The summed E-state index contributed by atoms with van der Waals surface area (Å²) in [7, 11) is -3.11. The van der Waals surface area contributed by atoms with Gasteiger partial charge in [0.05, 0.1) is 34.6 Å². The van der Waals surface area contributed by atoms with Crippen molar-refractivity contribution < 1.29 is 13.2 Å². The van der Waals surface area contributed by atoms with Crippen LogP contribution in [0, 0.1) is 20.8 Å². The Bertz CT molecular complexity index is 1330. The van der Waals surface area contributed by atoms with Crippen LogP contribution in [-0.4, -0.2) is 50.6 Å². The number of benzene rings is 1. The van der Waals surface area contributed by atoms with Gasteiger partial charge in [-0.3, -0.25) is 4.79 Å². The average molecular weight is 471 g/mol. The minimum absolute atomic E-state index is 0.0169. The number of sulfone groups is 1. The number of hydrogen-bond donors (Lipinski definition) is 1. The van der Waals surface area contributed by atoms with E-state index in [1.807, 2.05) is 58.9 Å². The lowest BCUT2D eigenvalue weighted by Crippen LogP contribution is -2.21. The highest BCUT2D eigenvalue weighted by Gasteiger charge is 2.33. The highest BCUT2D eigenvalue weighted by molar-refractivity contribution is 7.91. The molecule has 9 nitrogen and oxygen atoms in total. The maximum absolute atomic E-state index is 13.2. The molecular weight excluding hydrogens is 440 g/mol. The summed E-state index contributed by atoms with van der Waals surface area (Å²) in [4.78, 5) is 14.7. The summed E-state index contributed by atoms with van der Waals surface area (Å²) in [5, 5.41) is 16.5. The van der Waals surface area contributed by atoms with Crippen molar-refractivity contribution in [1.82, 2.24) is 24.8 Å². The molecule has 4 rings (SSSR count). The van der Waals surface area contributed by atoms with Crippen LogP contribution in [0.3, 0.4) is 0 Å². The molecule has 1 saturated heterocycles. The van der Waals surface area contributed by atoms with Crippen LogP contribution in [0.15, 0.2) is 24.3 Å². The molecule has 10 heteroatoms. The van der Waals surface area contributed by atoms with E-state index in [4.69, 9.17) is 0 Å². The van der Waals surface area contributed by atoms with E-state index in [1.54, 1.807) is 11.6 Å². The average Bonchev–Trinajstić information content (AvgIpc) is 3.38. The molecule has 0 radical (unpaired) electrons. The van der Waals surface area contributed by atoms with Crippen LogP contribution in [0.25, 0.3) is 5.69 Å². The lowest BCUT2D eigenvalue weighted by molar-refractivity contribution is 0.102. The molecule has 176 valence electrons. The standard InChI is InChI=1S/C23H30N6O3S/c1-14-7-8-18(15(2)11-14)29-25-16(3)21(27-29)22(30)24-20-12-19(23(4,5)6)26-28(20)17-9-10-33(31,32)13-17/h7-8,11-12,17H,9-10,13H2,1-6H3,(H,24,30). The molecule has 1 atom stereocenters. The number of carbonyl (C=O) groups excluding carboxylic acids is 1. The predicted octanol–water partition coefficient (Wildman–Crippen LogP) is 3.30. The maximum Gasteiger partial charge on any atom is 0.279 e. The van der Waals surface area contributed by atoms with Gasteiger partial charge in [-0.25, -0.2) is 13.1 Å². The van der Waals surface area contributed by atoms with Gasteiger partial charge in [0.15, 0.2) is 15.5 Å². The van der Waals surface area contributed by atoms with Crippen molar-refractivity contribution in [3.8, 4) is 5.69 Å². The number of aromatic nitrogens is 5. The molecule has 0 saturated carbocycles. The number of rotatable bonds is 4. The zero-order valence-corrected chi connectivity index (χ0v) is 20.7. The number of anilines is 1. The van der Waals surface area contributed by atoms with Gasteiger partial charge >= 0.3 is 0 Å². The van der Waals surface area contributed by atoms with Gasteiger partial charge in [0, 0.05) is 11.5 Å². The quantitative estimate of drug-likeness (QED) is 0.626. The lowest BCUT2D eigenvalue weighted by atomic mass is 9.92. The van der Waals surface area contributed by atoms with Crippen molar-refractivity contribution in [2.75, 3.05) is 16.8 Å². The van der Waals surface area contributed by atoms with E-state index in [0.717, 1.165) is 22.5 Å². The van der Waals surface area contributed by atoms with E-state index in [-0.39, 0.29) is 28.7 Å². The van der Waals surface area contributed by atoms with Crippen molar-refractivity contribution >= 4 is 21.6 Å². The van der Waals surface area contributed by atoms with Crippen LogP contribution in [0.2, 0.25) is 0 Å². The molecule has 1 aliphatic rings. The van der Waals surface area contributed by atoms with E-state index in [0.29, 0.717) is 17.9 Å². The van der Waals surface area contributed by atoms with Gasteiger partial charge < -0.3 is 5.32 Å². The summed E-state index contributed by atoms with van der Waals surface area (Å²) in [5.41, 5.74) is 4.17. The predicted molar refractivity (Wildman–Crippen MR) is 127 cm³/mol. The second kappa shape index (κ2) is 8.09. The smallest absolute Gasteiger partial charge is 0.279 e. The zero-order valence-electron chi connectivity index (χ0n) is 19.9. The Kier molecular flexibility index (Phi) is 5.68. The van der Waals surface area contributed by atoms with Crippen LogP contribution >= 0.6 is 0 Å². The third-order valence-electron chi connectivity index (χ3n) is 5.87. The second-order valence-electron chi connectivity index (χ2n) is 9.83. The Morgan fingerprint density at radius 2 is 1.82 bits per heavy atom. The van der Waals surface area contributed by atoms with Crippen LogP contribution in [0.5, 0.6) is 0 Å². The highest BCUT2D eigenvalue weighted by atomic mass is 32.2. The normalized spacial score (nSPS) is 17.9. The van der Waals surface area contributed by atoms with Gasteiger partial charge in [-0.2, -0.15) is 15.0 Å². The van der Waals surface area contributed by atoms with Gasteiger partial charge in [0.2, 0.25) is 0 Å². The highest BCUT2D eigenvalue weighted by Crippen LogP contribution is 2.31. The van der Waals surface area contributed by atoms with Gasteiger partial charge in [0.25, 0.3) is 5.91 Å². The third kappa shape index (κ3) is 4.71. The molecular formula is C23H30N6O3S. The summed E-state index contributed by atoms with van der Waals surface area (Å²) in [6.45, 7) is 11.8. The van der Waals surface area contributed by atoms with Gasteiger partial charge in [-0.05, 0) is 38.8 Å². The fourth-order valence-corrected chi connectivity index (χ4v) is 5.69. The Hall–Kier alpha value is -3.01. The first-order valence-corrected chi connectivity index (χ1v) is 12.8. The van der Waals surface area contributed by atoms with Crippen LogP contribution < -0.4 is 5.32 Å². The Labute approximate surface area is 194 Å². The largest absolute Gasteiger partial charge is 0.305 e. The summed E-state index contributed by atoms with van der Waals surface area (Å²) in [6, 6.07) is 7.44. The van der Waals surface area contributed by atoms with Gasteiger partial charge in [-0.15, -0.1) is 5.10 Å². The monoisotopic (exact) mass is 470 g/mol. The second-order valence-corrected chi connectivity index (χ2v) is 12.1. The SMILES string of the molecule is Cc1ccc(-n2nc(C)c(C(=O)Nc3cc(C(C)(C)C)nn3C3CCS(=O)(=O)C3)n2)c(C)c1. The molecule has 3 aromatic rings. The molecule has 1 fully saturated rings. The zero-order chi connectivity index (χ0) is 24.1. The Balaban J connectivity index is 1.66. The minimum Gasteiger partial charge on any atom is -0.305 e. The van der Waals surface area contributed by atoms with Crippen LogP contribution in [0.1, 0.15) is 66.2 Å². The molecule has 0 aliphatic carbocycles. The lowest BCUT2D eigenvalue weighted by Gasteiger charge is -2.15. The first-order chi connectivity index (χ1) is 15.3. The van der Waals surface area contributed by atoms with E-state index < -0.39 is 15.7 Å². The molecule has 1 aliphatic heterocycles. The van der Waals surface area contributed by atoms with E-state index in [2.05, 4.69) is 20.6 Å². The van der Waals surface area contributed by atoms with Crippen LogP contribution in [0.4, 0.5) is 5.82 Å². The first-order valence-electron chi connectivity index (χ1n) is 11.0. The summed E-state index contributed by atoms with van der Waals surface area (Å²) in [6.07, 6.45) is 0.471. The van der Waals surface area contributed by atoms with Crippen molar-refractivity contribution in [3.05, 3.63) is 52.5 Å². The maximum atomic E-state index is 13.2. The van der Waals surface area contributed by atoms with E-state index >= 15 is 0 Å². The van der Waals surface area contributed by atoms with Crippen molar-refractivity contribution in [2.24, 2.45) is 0 Å². The van der Waals surface area contributed by atoms with Crippen LogP contribution in [-0.2, 0) is 15.3 Å². The molecule has 1 aromatic carbocycles. The van der Waals surface area contributed by atoms with E-state index in [9.17, 15) is 13.2 Å². The summed E-state index contributed by atoms with van der Waals surface area (Å²) in [5.74, 6) is 0.195. The topological polar surface area (TPSA) is 112 Å². The minimum atomic E-state index is -3.11. The number of hydrogen-bond acceptors (Lipinski definition) is 6. The molecule has 33 heavy (non-hydrogen) atoms. The number of nitrogens with one attached hydrogen (secondary N) is 1. The summed E-state index contributed by atoms with van der Waals surface area (Å²) < 4.78 is 25.8. The fourth-order valence-electron chi connectivity index (χ4n) is 4.00. The fraction of sp³-hybridized carbons (Fsp3) is 0.478. The van der Waals surface area contributed by atoms with Crippen molar-refractivity contribution in [2.45, 2.75) is 59.4 Å². The molecule has 2 aromatic heterocycles. The first kappa shape index (κ1) is 23.2. The van der Waals surface area contributed by atoms with Gasteiger partial charge in [-0.1, -0.05) is 38.5 Å².